The molecule has 0 radical (unpaired) electrons. The zero-order chi connectivity index (χ0) is 14.7. The molecule has 1 heterocycles. The molecule has 1 nitrogen and oxygen atoms in total. The summed E-state index contributed by atoms with van der Waals surface area (Å²) in [5, 5.41) is 0. The van der Waals surface area contributed by atoms with E-state index < -0.39 is 0 Å². The number of aryl methyl sites for hydroxylation is 2. The molecule has 3 rings (SSSR count). The molecule has 21 heavy (non-hydrogen) atoms. The van der Waals surface area contributed by atoms with Gasteiger partial charge in [-0.25, -0.2) is 0 Å². The van der Waals surface area contributed by atoms with Gasteiger partial charge in [0.2, 0.25) is 0 Å². The zero-order valence-corrected chi connectivity index (χ0v) is 12.5. The van der Waals surface area contributed by atoms with Crippen LogP contribution < -0.4 is 0 Å². The van der Waals surface area contributed by atoms with Crippen molar-refractivity contribution in [2.75, 3.05) is 0 Å². The van der Waals surface area contributed by atoms with Crippen LogP contribution in [0.2, 0.25) is 0 Å². The summed E-state index contributed by atoms with van der Waals surface area (Å²) in [6.07, 6.45) is 2.91. The van der Waals surface area contributed by atoms with E-state index in [9.17, 15) is 0 Å². The Kier molecular flexibility index (Phi) is 3.83. The Morgan fingerprint density at radius 3 is 2.19 bits per heavy atom. The van der Waals surface area contributed by atoms with E-state index in [0.717, 1.165) is 17.7 Å². The number of aromatic nitrogens is 1. The average Bonchev–Trinajstić information content (AvgIpc) is 2.56. The van der Waals surface area contributed by atoms with Gasteiger partial charge in [-0.1, -0.05) is 55.5 Å². The molecule has 0 aliphatic heterocycles. The van der Waals surface area contributed by atoms with Gasteiger partial charge in [0.25, 0.3) is 0 Å². The zero-order valence-electron chi connectivity index (χ0n) is 12.5. The molecule has 0 aliphatic rings. The normalized spacial score (nSPS) is 10.6. The van der Waals surface area contributed by atoms with Gasteiger partial charge in [0.15, 0.2) is 0 Å². The second-order valence-corrected chi connectivity index (χ2v) is 5.29. The first-order valence-electron chi connectivity index (χ1n) is 7.39. The van der Waals surface area contributed by atoms with Crippen LogP contribution in [-0.4, -0.2) is 4.98 Å². The molecule has 0 aliphatic carbocycles. The highest BCUT2D eigenvalue weighted by atomic mass is 14.7. The molecule has 0 spiro atoms. The quantitative estimate of drug-likeness (QED) is 0.632. The van der Waals surface area contributed by atoms with Gasteiger partial charge in [0.05, 0.1) is 5.69 Å². The fourth-order valence-electron chi connectivity index (χ4n) is 2.60. The van der Waals surface area contributed by atoms with Crippen LogP contribution in [0.15, 0.2) is 66.9 Å². The van der Waals surface area contributed by atoms with Crippen LogP contribution in [0.4, 0.5) is 0 Å². The number of pyridine rings is 1. The van der Waals surface area contributed by atoms with Crippen LogP contribution in [0.3, 0.4) is 0 Å². The molecular weight excluding hydrogens is 254 g/mol. The van der Waals surface area contributed by atoms with E-state index in [4.69, 9.17) is 0 Å². The molecule has 0 fully saturated rings. The maximum Gasteiger partial charge on any atom is 0.0701 e. The Morgan fingerprint density at radius 1 is 0.810 bits per heavy atom. The second kappa shape index (κ2) is 5.92. The topological polar surface area (TPSA) is 12.9 Å². The smallest absolute Gasteiger partial charge is 0.0701 e. The Morgan fingerprint density at radius 2 is 1.52 bits per heavy atom. The van der Waals surface area contributed by atoms with Crippen LogP contribution in [0.1, 0.15) is 18.1 Å². The van der Waals surface area contributed by atoms with E-state index in [1.165, 1.54) is 22.3 Å². The lowest BCUT2D eigenvalue weighted by atomic mass is 9.97. The van der Waals surface area contributed by atoms with E-state index in [2.05, 4.69) is 61.3 Å². The highest BCUT2D eigenvalue weighted by molar-refractivity contribution is 5.69. The molecule has 0 saturated carbocycles. The lowest BCUT2D eigenvalue weighted by Crippen LogP contribution is -1.88. The molecule has 0 saturated heterocycles. The second-order valence-electron chi connectivity index (χ2n) is 5.29. The summed E-state index contributed by atoms with van der Waals surface area (Å²) in [6.45, 7) is 4.38. The summed E-state index contributed by atoms with van der Waals surface area (Å²) >= 11 is 0. The molecular formula is C20H19N. The molecule has 0 N–H and O–H groups in total. The van der Waals surface area contributed by atoms with Crippen LogP contribution in [0, 0.1) is 6.92 Å². The molecule has 1 heteroatoms. The number of hydrogen-bond acceptors (Lipinski definition) is 1. The van der Waals surface area contributed by atoms with Crippen molar-refractivity contribution in [1.29, 1.82) is 0 Å². The van der Waals surface area contributed by atoms with Crippen molar-refractivity contribution in [3.63, 3.8) is 0 Å². The van der Waals surface area contributed by atoms with Crippen molar-refractivity contribution in [2.24, 2.45) is 0 Å². The summed E-state index contributed by atoms with van der Waals surface area (Å²) in [4.78, 5) is 4.39. The lowest BCUT2D eigenvalue weighted by Gasteiger charge is -2.08. The Bertz CT molecular complexity index is 728. The predicted octanol–water partition coefficient (Wildman–Crippen LogP) is 5.29. The predicted molar refractivity (Wildman–Crippen MR) is 89.2 cm³/mol. The first-order valence-corrected chi connectivity index (χ1v) is 7.39. The summed E-state index contributed by atoms with van der Waals surface area (Å²) in [6, 6.07) is 21.3. The van der Waals surface area contributed by atoms with Crippen molar-refractivity contribution in [3.05, 3.63) is 78.0 Å². The third-order valence-electron chi connectivity index (χ3n) is 3.91. The van der Waals surface area contributed by atoms with Gasteiger partial charge in [-0.15, -0.1) is 0 Å². The standard InChI is InChI=1S/C20H19N/c1-3-16-14-19(8-7-15(16)2)17-9-11-18(12-10-17)20-6-4-5-13-21-20/h4-14H,3H2,1-2H3. The third kappa shape index (κ3) is 2.87. The van der Waals surface area contributed by atoms with Crippen LogP contribution in [-0.2, 0) is 6.42 Å². The van der Waals surface area contributed by atoms with Crippen molar-refractivity contribution in [1.82, 2.24) is 4.98 Å². The number of benzene rings is 2. The number of hydrogen-bond donors (Lipinski definition) is 0. The molecule has 0 atom stereocenters. The van der Waals surface area contributed by atoms with Gasteiger partial charge in [-0.2, -0.15) is 0 Å². The highest BCUT2D eigenvalue weighted by Gasteiger charge is 2.03. The van der Waals surface area contributed by atoms with Crippen LogP contribution >= 0.6 is 0 Å². The summed E-state index contributed by atoms with van der Waals surface area (Å²) in [5.41, 5.74) is 7.49. The molecule has 1 aromatic heterocycles. The van der Waals surface area contributed by atoms with Crippen molar-refractivity contribution in [2.45, 2.75) is 20.3 Å². The number of rotatable bonds is 3. The fourth-order valence-corrected chi connectivity index (χ4v) is 2.60. The summed E-state index contributed by atoms with van der Waals surface area (Å²) in [7, 11) is 0. The van der Waals surface area contributed by atoms with Crippen molar-refractivity contribution < 1.29 is 0 Å². The maximum absolute atomic E-state index is 4.39. The van der Waals surface area contributed by atoms with Crippen molar-refractivity contribution in [3.8, 4) is 22.4 Å². The Balaban J connectivity index is 1.94. The van der Waals surface area contributed by atoms with Gasteiger partial charge < -0.3 is 0 Å². The third-order valence-corrected chi connectivity index (χ3v) is 3.91. The highest BCUT2D eigenvalue weighted by Crippen LogP contribution is 2.25. The molecule has 3 aromatic rings. The monoisotopic (exact) mass is 273 g/mol. The Labute approximate surface area is 126 Å². The van der Waals surface area contributed by atoms with Gasteiger partial charge in [-0.05, 0) is 47.7 Å². The molecule has 0 unspecified atom stereocenters. The maximum atomic E-state index is 4.39. The lowest BCUT2D eigenvalue weighted by molar-refractivity contribution is 1.11. The SMILES string of the molecule is CCc1cc(-c2ccc(-c3ccccn3)cc2)ccc1C. The summed E-state index contributed by atoms with van der Waals surface area (Å²) in [5.74, 6) is 0. The van der Waals surface area contributed by atoms with Gasteiger partial charge in [0.1, 0.15) is 0 Å². The van der Waals surface area contributed by atoms with Gasteiger partial charge in [-0.3, -0.25) is 4.98 Å². The van der Waals surface area contributed by atoms with Gasteiger partial charge >= 0.3 is 0 Å². The first-order chi connectivity index (χ1) is 10.3. The molecule has 0 bridgehead atoms. The summed E-state index contributed by atoms with van der Waals surface area (Å²) < 4.78 is 0. The minimum Gasteiger partial charge on any atom is -0.256 e. The van der Waals surface area contributed by atoms with E-state index in [1.807, 2.05) is 24.4 Å². The first kappa shape index (κ1) is 13.6. The molecule has 0 amide bonds. The van der Waals surface area contributed by atoms with E-state index in [1.54, 1.807) is 0 Å². The minimum atomic E-state index is 1.02. The molecule has 2 aromatic carbocycles. The Hall–Kier alpha value is -2.41. The van der Waals surface area contributed by atoms with Crippen molar-refractivity contribution >= 4 is 0 Å². The average molecular weight is 273 g/mol. The van der Waals surface area contributed by atoms with Crippen LogP contribution in [0.5, 0.6) is 0 Å². The van der Waals surface area contributed by atoms with Crippen LogP contribution in [0.25, 0.3) is 22.4 Å². The van der Waals surface area contributed by atoms with Gasteiger partial charge in [0, 0.05) is 11.8 Å². The largest absolute Gasteiger partial charge is 0.256 e. The van der Waals surface area contributed by atoms with E-state index in [0.29, 0.717) is 0 Å². The minimum absolute atomic E-state index is 1.02. The van der Waals surface area contributed by atoms with E-state index in [-0.39, 0.29) is 0 Å². The van der Waals surface area contributed by atoms with E-state index >= 15 is 0 Å². The number of nitrogens with zero attached hydrogens (tertiary/aromatic N) is 1. The molecule has 104 valence electrons. The fraction of sp³-hybridized carbons (Fsp3) is 0.150.